The summed E-state index contributed by atoms with van der Waals surface area (Å²) in [6, 6.07) is 2.38. The number of ether oxygens (including phenoxy) is 1. The van der Waals surface area contributed by atoms with Gasteiger partial charge in [0.2, 0.25) is 0 Å². The molecule has 0 bridgehead atoms. The van der Waals surface area contributed by atoms with Crippen LogP contribution in [0.3, 0.4) is 0 Å². The van der Waals surface area contributed by atoms with Gasteiger partial charge in [0, 0.05) is 12.2 Å². The average molecular weight is 218 g/mol. The number of rotatable bonds is 3. The van der Waals surface area contributed by atoms with E-state index in [0.717, 1.165) is 30.6 Å². The Kier molecular flexibility index (Phi) is 3.57. The molecule has 1 unspecified atom stereocenters. The molecule has 0 amide bonds. The van der Waals surface area contributed by atoms with Gasteiger partial charge in [0.1, 0.15) is 5.75 Å². The van der Waals surface area contributed by atoms with Crippen molar-refractivity contribution < 1.29 is 4.74 Å². The molecule has 1 aliphatic carbocycles. The Labute approximate surface area is 96.3 Å². The highest BCUT2D eigenvalue weighted by Crippen LogP contribution is 2.27. The highest BCUT2D eigenvalue weighted by Gasteiger charge is 2.12. The minimum atomic E-state index is 0.326. The van der Waals surface area contributed by atoms with E-state index in [9.17, 15) is 0 Å². The molecular formula is C13H18N2O. The number of hydrogen-bond donors (Lipinski definition) is 1. The zero-order valence-corrected chi connectivity index (χ0v) is 9.65. The molecule has 1 aromatic heterocycles. The zero-order chi connectivity index (χ0) is 11.4. The van der Waals surface area contributed by atoms with Gasteiger partial charge in [-0.15, -0.1) is 0 Å². The Balaban J connectivity index is 2.17. The van der Waals surface area contributed by atoms with Crippen molar-refractivity contribution in [2.75, 3.05) is 6.61 Å². The maximum atomic E-state index is 5.87. The topological polar surface area (TPSA) is 48.1 Å². The molecule has 3 heteroatoms. The van der Waals surface area contributed by atoms with E-state index in [1.165, 1.54) is 5.57 Å². The second kappa shape index (κ2) is 5.12. The van der Waals surface area contributed by atoms with Crippen molar-refractivity contribution >= 4 is 5.57 Å². The minimum Gasteiger partial charge on any atom is -0.492 e. The van der Waals surface area contributed by atoms with Gasteiger partial charge in [-0.05, 0) is 43.4 Å². The number of aromatic nitrogens is 1. The molecule has 3 nitrogen and oxygen atoms in total. The van der Waals surface area contributed by atoms with Crippen LogP contribution in [0.4, 0.5) is 0 Å². The van der Waals surface area contributed by atoms with Gasteiger partial charge in [0.25, 0.3) is 0 Å². The highest BCUT2D eigenvalue weighted by atomic mass is 16.5. The van der Waals surface area contributed by atoms with Crippen LogP contribution in [0, 0.1) is 0 Å². The second-order valence-corrected chi connectivity index (χ2v) is 4.11. The molecule has 86 valence electrons. The first-order chi connectivity index (χ1) is 7.79. The largest absolute Gasteiger partial charge is 0.492 e. The first-order valence-corrected chi connectivity index (χ1v) is 5.82. The fourth-order valence-corrected chi connectivity index (χ4v) is 1.96. The first kappa shape index (κ1) is 11.1. The third-order valence-electron chi connectivity index (χ3n) is 2.85. The molecule has 2 rings (SSSR count). The summed E-state index contributed by atoms with van der Waals surface area (Å²) in [6.07, 6.45) is 8.94. The Morgan fingerprint density at radius 1 is 1.50 bits per heavy atom. The molecule has 0 radical (unpaired) electrons. The molecule has 0 saturated carbocycles. The summed E-state index contributed by atoms with van der Waals surface area (Å²) in [5, 5.41) is 0. The van der Waals surface area contributed by atoms with Crippen molar-refractivity contribution in [2.45, 2.75) is 32.2 Å². The van der Waals surface area contributed by atoms with Crippen molar-refractivity contribution in [3.05, 3.63) is 30.1 Å². The maximum Gasteiger partial charge on any atom is 0.138 e. The third-order valence-corrected chi connectivity index (χ3v) is 2.85. The van der Waals surface area contributed by atoms with Gasteiger partial charge in [0.15, 0.2) is 0 Å². The van der Waals surface area contributed by atoms with Crippen LogP contribution in [0.15, 0.2) is 24.5 Å². The summed E-state index contributed by atoms with van der Waals surface area (Å²) in [4.78, 5) is 4.20. The fraction of sp³-hybridized carbons (Fsp3) is 0.462. The Bertz CT molecular complexity index is 387. The zero-order valence-electron chi connectivity index (χ0n) is 9.65. The molecule has 2 N–H and O–H groups in total. The molecule has 0 spiro atoms. The lowest BCUT2D eigenvalue weighted by atomic mass is 9.92. The fourth-order valence-electron chi connectivity index (χ4n) is 1.96. The molecule has 16 heavy (non-hydrogen) atoms. The summed E-state index contributed by atoms with van der Waals surface area (Å²) in [5.41, 5.74) is 8.38. The van der Waals surface area contributed by atoms with Crippen LogP contribution in [0.2, 0.25) is 0 Å². The standard InChI is InChI=1S/C13H18N2O/c1-2-16-13-7-11(8-15-9-13)10-3-5-12(14)6-4-10/h3,7-9,12H,2,4-6,14H2,1H3. The predicted octanol–water partition coefficient (Wildman–Crippen LogP) is 2.37. The van der Waals surface area contributed by atoms with Gasteiger partial charge >= 0.3 is 0 Å². The van der Waals surface area contributed by atoms with Crippen molar-refractivity contribution in [2.24, 2.45) is 5.73 Å². The van der Waals surface area contributed by atoms with Crippen LogP contribution in [0.5, 0.6) is 5.75 Å². The van der Waals surface area contributed by atoms with Gasteiger partial charge in [-0.1, -0.05) is 6.08 Å². The normalized spacial score (nSPS) is 20.4. The van der Waals surface area contributed by atoms with Crippen molar-refractivity contribution in [1.82, 2.24) is 4.98 Å². The van der Waals surface area contributed by atoms with Gasteiger partial charge in [0.05, 0.1) is 12.8 Å². The SMILES string of the molecule is CCOc1cncc(C2=CCC(N)CC2)c1. The van der Waals surface area contributed by atoms with E-state index >= 15 is 0 Å². The number of nitrogens with zero attached hydrogens (tertiary/aromatic N) is 1. The molecule has 1 aliphatic rings. The third kappa shape index (κ3) is 2.61. The van der Waals surface area contributed by atoms with Crippen LogP contribution in [-0.2, 0) is 0 Å². The minimum absolute atomic E-state index is 0.326. The Morgan fingerprint density at radius 3 is 3.06 bits per heavy atom. The first-order valence-electron chi connectivity index (χ1n) is 5.82. The lowest BCUT2D eigenvalue weighted by Crippen LogP contribution is -2.21. The van der Waals surface area contributed by atoms with E-state index in [-0.39, 0.29) is 0 Å². The van der Waals surface area contributed by atoms with E-state index in [1.54, 1.807) is 6.20 Å². The van der Waals surface area contributed by atoms with Gasteiger partial charge < -0.3 is 10.5 Å². The van der Waals surface area contributed by atoms with Crippen LogP contribution in [0.1, 0.15) is 31.7 Å². The average Bonchev–Trinajstić information content (AvgIpc) is 2.31. The lowest BCUT2D eigenvalue weighted by Gasteiger charge is -2.18. The van der Waals surface area contributed by atoms with Crippen molar-refractivity contribution in [3.8, 4) is 5.75 Å². The van der Waals surface area contributed by atoms with Gasteiger partial charge in [-0.25, -0.2) is 0 Å². The number of nitrogens with two attached hydrogens (primary N) is 1. The smallest absolute Gasteiger partial charge is 0.138 e. The monoisotopic (exact) mass is 218 g/mol. The summed E-state index contributed by atoms with van der Waals surface area (Å²) in [6.45, 7) is 2.65. The molecule has 0 aromatic carbocycles. The van der Waals surface area contributed by atoms with E-state index in [0.29, 0.717) is 12.6 Å². The van der Waals surface area contributed by atoms with E-state index in [2.05, 4.69) is 17.1 Å². The number of allylic oxidation sites excluding steroid dienone is 1. The predicted molar refractivity (Wildman–Crippen MR) is 65.2 cm³/mol. The van der Waals surface area contributed by atoms with Gasteiger partial charge in [-0.2, -0.15) is 0 Å². The molecule has 0 fully saturated rings. The van der Waals surface area contributed by atoms with Crippen LogP contribution >= 0.6 is 0 Å². The maximum absolute atomic E-state index is 5.87. The molecule has 1 heterocycles. The van der Waals surface area contributed by atoms with Crippen LogP contribution < -0.4 is 10.5 Å². The summed E-state index contributed by atoms with van der Waals surface area (Å²) >= 11 is 0. The second-order valence-electron chi connectivity index (χ2n) is 4.11. The van der Waals surface area contributed by atoms with E-state index in [1.807, 2.05) is 13.1 Å². The molecule has 0 aliphatic heterocycles. The summed E-state index contributed by atoms with van der Waals surface area (Å²) < 4.78 is 5.44. The van der Waals surface area contributed by atoms with Crippen molar-refractivity contribution in [1.29, 1.82) is 0 Å². The number of pyridine rings is 1. The molecule has 1 atom stereocenters. The Hall–Kier alpha value is -1.35. The van der Waals surface area contributed by atoms with Gasteiger partial charge in [-0.3, -0.25) is 4.98 Å². The molecular weight excluding hydrogens is 200 g/mol. The van der Waals surface area contributed by atoms with E-state index < -0.39 is 0 Å². The molecule has 1 aromatic rings. The van der Waals surface area contributed by atoms with Crippen LogP contribution in [0.25, 0.3) is 5.57 Å². The summed E-state index contributed by atoms with van der Waals surface area (Å²) in [5.74, 6) is 0.843. The lowest BCUT2D eigenvalue weighted by molar-refractivity contribution is 0.338. The van der Waals surface area contributed by atoms with Crippen LogP contribution in [-0.4, -0.2) is 17.6 Å². The van der Waals surface area contributed by atoms with Crippen molar-refractivity contribution in [3.63, 3.8) is 0 Å². The quantitative estimate of drug-likeness (QED) is 0.847. The highest BCUT2D eigenvalue weighted by molar-refractivity contribution is 5.66. The molecule has 0 saturated heterocycles. The summed E-state index contributed by atoms with van der Waals surface area (Å²) in [7, 11) is 0. The van der Waals surface area contributed by atoms with E-state index in [4.69, 9.17) is 10.5 Å². The Morgan fingerprint density at radius 2 is 2.38 bits per heavy atom. The number of hydrogen-bond acceptors (Lipinski definition) is 3.